The molecule has 0 radical (unpaired) electrons. The summed E-state index contributed by atoms with van der Waals surface area (Å²) in [6, 6.07) is 6.01. The number of hydrogen-bond acceptors (Lipinski definition) is 2. The Kier molecular flexibility index (Phi) is 2.49. The van der Waals surface area contributed by atoms with Gasteiger partial charge in [0.25, 0.3) is 0 Å². The molecular weight excluding hydrogens is 190 g/mol. The number of anilines is 2. The number of fused-ring (bicyclic) bond motifs is 1. The second-order valence-electron chi connectivity index (χ2n) is 3.57. The van der Waals surface area contributed by atoms with Gasteiger partial charge in [0.15, 0.2) is 0 Å². The molecule has 15 heavy (non-hydrogen) atoms. The van der Waals surface area contributed by atoms with E-state index in [4.69, 9.17) is 0 Å². The van der Waals surface area contributed by atoms with E-state index in [1.165, 1.54) is 0 Å². The van der Waals surface area contributed by atoms with Crippen molar-refractivity contribution < 1.29 is 4.79 Å². The van der Waals surface area contributed by atoms with Crippen LogP contribution in [0.2, 0.25) is 0 Å². The minimum absolute atomic E-state index is 0.0155. The Balaban J connectivity index is 2.32. The van der Waals surface area contributed by atoms with Crippen molar-refractivity contribution in [1.82, 2.24) is 4.90 Å². The Morgan fingerprint density at radius 1 is 1.53 bits per heavy atom. The van der Waals surface area contributed by atoms with Gasteiger partial charge in [-0.3, -0.25) is 0 Å². The summed E-state index contributed by atoms with van der Waals surface area (Å²) in [5, 5.41) is 5.93. The highest BCUT2D eigenvalue weighted by Crippen LogP contribution is 2.26. The molecule has 1 aliphatic heterocycles. The van der Waals surface area contributed by atoms with Crippen LogP contribution >= 0.6 is 0 Å². The molecular formula is C11H15N3O. The first-order chi connectivity index (χ1) is 7.24. The second-order valence-corrected chi connectivity index (χ2v) is 3.57. The molecule has 0 aromatic heterocycles. The summed E-state index contributed by atoms with van der Waals surface area (Å²) in [4.78, 5) is 13.4. The van der Waals surface area contributed by atoms with Crippen LogP contribution in [0, 0.1) is 0 Å². The Morgan fingerprint density at radius 2 is 2.33 bits per heavy atom. The Hall–Kier alpha value is -1.71. The number of nitrogens with one attached hydrogen (secondary N) is 2. The molecule has 0 spiro atoms. The minimum atomic E-state index is -0.0155. The fourth-order valence-corrected chi connectivity index (χ4v) is 1.71. The molecule has 1 aliphatic rings. The number of carbonyl (C=O) groups is 1. The third-order valence-corrected chi connectivity index (χ3v) is 2.67. The summed E-state index contributed by atoms with van der Waals surface area (Å²) in [5.41, 5.74) is 3.09. The van der Waals surface area contributed by atoms with E-state index < -0.39 is 0 Å². The quantitative estimate of drug-likeness (QED) is 0.776. The fraction of sp³-hybridized carbons (Fsp3) is 0.364. The predicted octanol–water partition coefficient (Wildman–Crippen LogP) is 2.10. The van der Waals surface area contributed by atoms with Gasteiger partial charge in [-0.05, 0) is 24.6 Å². The SMILES string of the molecule is CCN1Cc2ccc(NC)cc2NC1=O. The van der Waals surface area contributed by atoms with Gasteiger partial charge in [0.05, 0.1) is 0 Å². The lowest BCUT2D eigenvalue weighted by atomic mass is 10.1. The van der Waals surface area contributed by atoms with Crippen molar-refractivity contribution in [2.75, 3.05) is 24.2 Å². The largest absolute Gasteiger partial charge is 0.388 e. The van der Waals surface area contributed by atoms with Gasteiger partial charge in [0.1, 0.15) is 0 Å². The standard InChI is InChI=1S/C11H15N3O/c1-3-14-7-8-4-5-9(12-2)6-10(8)13-11(14)15/h4-6,12H,3,7H2,1-2H3,(H,13,15). The molecule has 80 valence electrons. The second kappa shape index (κ2) is 3.81. The van der Waals surface area contributed by atoms with E-state index in [0.29, 0.717) is 6.54 Å². The van der Waals surface area contributed by atoms with Crippen LogP contribution in [0.15, 0.2) is 18.2 Å². The monoisotopic (exact) mass is 205 g/mol. The van der Waals surface area contributed by atoms with E-state index in [1.54, 1.807) is 4.90 Å². The van der Waals surface area contributed by atoms with Gasteiger partial charge in [-0.2, -0.15) is 0 Å². The van der Waals surface area contributed by atoms with Crippen molar-refractivity contribution in [2.45, 2.75) is 13.5 Å². The van der Waals surface area contributed by atoms with Crippen molar-refractivity contribution in [3.63, 3.8) is 0 Å². The first-order valence-electron chi connectivity index (χ1n) is 5.11. The third-order valence-electron chi connectivity index (χ3n) is 2.67. The van der Waals surface area contributed by atoms with E-state index in [0.717, 1.165) is 23.5 Å². The number of hydrogen-bond donors (Lipinski definition) is 2. The van der Waals surface area contributed by atoms with Crippen LogP contribution in [-0.4, -0.2) is 24.5 Å². The number of rotatable bonds is 2. The molecule has 0 bridgehead atoms. The number of nitrogens with zero attached hydrogens (tertiary/aromatic N) is 1. The van der Waals surface area contributed by atoms with Crippen molar-refractivity contribution in [3.8, 4) is 0 Å². The summed E-state index contributed by atoms with van der Waals surface area (Å²) in [6.07, 6.45) is 0. The summed E-state index contributed by atoms with van der Waals surface area (Å²) >= 11 is 0. The molecule has 2 amide bonds. The summed E-state index contributed by atoms with van der Waals surface area (Å²) in [5.74, 6) is 0. The van der Waals surface area contributed by atoms with Gasteiger partial charge < -0.3 is 15.5 Å². The number of carbonyl (C=O) groups excluding carboxylic acids is 1. The maximum atomic E-state index is 11.6. The molecule has 1 heterocycles. The zero-order chi connectivity index (χ0) is 10.8. The van der Waals surface area contributed by atoms with Crippen molar-refractivity contribution in [3.05, 3.63) is 23.8 Å². The third kappa shape index (κ3) is 1.75. The zero-order valence-corrected chi connectivity index (χ0v) is 9.00. The Morgan fingerprint density at radius 3 is 3.00 bits per heavy atom. The van der Waals surface area contributed by atoms with E-state index in [1.807, 2.05) is 32.2 Å². The molecule has 1 aromatic carbocycles. The molecule has 2 N–H and O–H groups in total. The Bertz CT molecular complexity index is 389. The van der Waals surface area contributed by atoms with Crippen molar-refractivity contribution in [2.24, 2.45) is 0 Å². The minimum Gasteiger partial charge on any atom is -0.388 e. The molecule has 0 saturated heterocycles. The van der Waals surface area contributed by atoms with Gasteiger partial charge >= 0.3 is 6.03 Å². The van der Waals surface area contributed by atoms with Gasteiger partial charge in [-0.1, -0.05) is 6.07 Å². The molecule has 0 aliphatic carbocycles. The average molecular weight is 205 g/mol. The zero-order valence-electron chi connectivity index (χ0n) is 9.00. The van der Waals surface area contributed by atoms with Crippen LogP contribution in [0.4, 0.5) is 16.2 Å². The first-order valence-corrected chi connectivity index (χ1v) is 5.11. The number of urea groups is 1. The van der Waals surface area contributed by atoms with Crippen LogP contribution in [0.5, 0.6) is 0 Å². The van der Waals surface area contributed by atoms with E-state index in [9.17, 15) is 4.79 Å². The van der Waals surface area contributed by atoms with Crippen molar-refractivity contribution >= 4 is 17.4 Å². The van der Waals surface area contributed by atoms with Crippen LogP contribution in [0.1, 0.15) is 12.5 Å². The molecule has 0 fully saturated rings. The predicted molar refractivity (Wildman–Crippen MR) is 61.1 cm³/mol. The van der Waals surface area contributed by atoms with Crippen LogP contribution < -0.4 is 10.6 Å². The maximum absolute atomic E-state index is 11.6. The van der Waals surface area contributed by atoms with E-state index in [-0.39, 0.29) is 6.03 Å². The maximum Gasteiger partial charge on any atom is 0.322 e. The van der Waals surface area contributed by atoms with Gasteiger partial charge in [0.2, 0.25) is 0 Å². The van der Waals surface area contributed by atoms with Gasteiger partial charge in [-0.25, -0.2) is 4.79 Å². The van der Waals surface area contributed by atoms with Crippen LogP contribution in [-0.2, 0) is 6.54 Å². The first kappa shape index (κ1) is 9.83. The highest BCUT2D eigenvalue weighted by molar-refractivity contribution is 5.93. The molecule has 0 unspecified atom stereocenters. The highest BCUT2D eigenvalue weighted by atomic mass is 16.2. The van der Waals surface area contributed by atoms with Gasteiger partial charge in [-0.15, -0.1) is 0 Å². The number of benzene rings is 1. The molecule has 0 atom stereocenters. The summed E-state index contributed by atoms with van der Waals surface area (Å²) in [7, 11) is 1.87. The summed E-state index contributed by atoms with van der Waals surface area (Å²) < 4.78 is 0. The fourth-order valence-electron chi connectivity index (χ4n) is 1.71. The Labute approximate surface area is 89.3 Å². The molecule has 2 rings (SSSR count). The lowest BCUT2D eigenvalue weighted by Crippen LogP contribution is -2.38. The smallest absolute Gasteiger partial charge is 0.322 e. The topological polar surface area (TPSA) is 44.4 Å². The van der Waals surface area contributed by atoms with E-state index in [2.05, 4.69) is 10.6 Å². The normalized spacial score (nSPS) is 14.5. The lowest BCUT2D eigenvalue weighted by Gasteiger charge is -2.28. The summed E-state index contributed by atoms with van der Waals surface area (Å²) in [6.45, 7) is 3.41. The van der Waals surface area contributed by atoms with Crippen molar-refractivity contribution in [1.29, 1.82) is 0 Å². The van der Waals surface area contributed by atoms with E-state index >= 15 is 0 Å². The van der Waals surface area contributed by atoms with Gasteiger partial charge in [0, 0.05) is 31.5 Å². The molecule has 1 aromatic rings. The van der Waals surface area contributed by atoms with Crippen LogP contribution in [0.3, 0.4) is 0 Å². The molecule has 0 saturated carbocycles. The van der Waals surface area contributed by atoms with Crippen LogP contribution in [0.25, 0.3) is 0 Å². The highest BCUT2D eigenvalue weighted by Gasteiger charge is 2.20. The number of amides is 2. The molecule has 4 nitrogen and oxygen atoms in total. The molecule has 4 heteroatoms. The average Bonchev–Trinajstić information content (AvgIpc) is 2.27. The lowest BCUT2D eigenvalue weighted by molar-refractivity contribution is 0.210.